The van der Waals surface area contributed by atoms with E-state index in [0.717, 1.165) is 0 Å². The average Bonchev–Trinajstić information content (AvgIpc) is 2.18. The molecule has 0 aliphatic heterocycles. The second-order valence-electron chi connectivity index (χ2n) is 3.20. The largest absolute Gasteiger partial charge is 0.481 e. The van der Waals surface area contributed by atoms with Crippen LogP contribution < -0.4 is 5.73 Å². The van der Waals surface area contributed by atoms with Crippen molar-refractivity contribution in [2.45, 2.75) is 12.3 Å². The topological polar surface area (TPSA) is 63.3 Å². The van der Waals surface area contributed by atoms with Gasteiger partial charge in [-0.05, 0) is 30.3 Å². The van der Waals surface area contributed by atoms with Crippen molar-refractivity contribution in [3.63, 3.8) is 0 Å². The van der Waals surface area contributed by atoms with Crippen LogP contribution in [-0.4, -0.2) is 17.6 Å². The molecule has 0 aliphatic rings. The van der Waals surface area contributed by atoms with Crippen LogP contribution in [-0.2, 0) is 4.79 Å². The minimum atomic E-state index is -0.901. The lowest BCUT2D eigenvalue weighted by Crippen LogP contribution is -2.16. The summed E-state index contributed by atoms with van der Waals surface area (Å²) < 4.78 is 0. The molecule has 0 fully saturated rings. The van der Waals surface area contributed by atoms with E-state index >= 15 is 0 Å². The Morgan fingerprint density at radius 3 is 2.67 bits per heavy atom. The number of nitrogens with two attached hydrogens (primary N) is 1. The Bertz CT molecular complexity index is 368. The quantitative estimate of drug-likeness (QED) is 0.860. The van der Waals surface area contributed by atoms with Gasteiger partial charge in [0.25, 0.3) is 0 Å². The molecular formula is C10H11Cl2NO2. The van der Waals surface area contributed by atoms with Crippen LogP contribution >= 0.6 is 23.2 Å². The van der Waals surface area contributed by atoms with Gasteiger partial charge >= 0.3 is 5.97 Å². The molecule has 15 heavy (non-hydrogen) atoms. The first kappa shape index (κ1) is 12.3. The zero-order valence-corrected chi connectivity index (χ0v) is 9.42. The molecule has 5 heteroatoms. The van der Waals surface area contributed by atoms with Crippen LogP contribution in [0.1, 0.15) is 17.9 Å². The van der Waals surface area contributed by atoms with Crippen molar-refractivity contribution < 1.29 is 9.90 Å². The Morgan fingerprint density at radius 2 is 2.13 bits per heavy atom. The molecule has 0 heterocycles. The minimum Gasteiger partial charge on any atom is -0.481 e. The maximum Gasteiger partial charge on any atom is 0.304 e. The smallest absolute Gasteiger partial charge is 0.304 e. The molecule has 0 radical (unpaired) electrons. The molecule has 0 bridgehead atoms. The highest BCUT2D eigenvalue weighted by atomic mass is 35.5. The normalized spacial score (nSPS) is 12.5. The van der Waals surface area contributed by atoms with Gasteiger partial charge in [0.15, 0.2) is 0 Å². The number of hydrogen-bond donors (Lipinski definition) is 2. The van der Waals surface area contributed by atoms with E-state index in [9.17, 15) is 4.79 Å². The number of carbonyl (C=O) groups is 1. The van der Waals surface area contributed by atoms with Crippen LogP contribution in [0, 0.1) is 0 Å². The Morgan fingerprint density at radius 1 is 1.47 bits per heavy atom. The van der Waals surface area contributed by atoms with E-state index in [1.165, 1.54) is 0 Å². The Labute approximate surface area is 97.8 Å². The van der Waals surface area contributed by atoms with Crippen LogP contribution in [0.5, 0.6) is 0 Å². The molecule has 3 nitrogen and oxygen atoms in total. The molecule has 1 rings (SSSR count). The molecule has 0 saturated carbocycles. The molecular weight excluding hydrogens is 237 g/mol. The first-order valence-corrected chi connectivity index (χ1v) is 5.17. The van der Waals surface area contributed by atoms with Gasteiger partial charge in [-0.1, -0.05) is 23.2 Å². The van der Waals surface area contributed by atoms with Crippen molar-refractivity contribution in [2.24, 2.45) is 5.73 Å². The van der Waals surface area contributed by atoms with Gasteiger partial charge in [0, 0.05) is 16.0 Å². The van der Waals surface area contributed by atoms with E-state index in [2.05, 4.69) is 0 Å². The summed E-state index contributed by atoms with van der Waals surface area (Å²) in [7, 11) is 0. The second kappa shape index (κ2) is 5.35. The number of halogens is 2. The van der Waals surface area contributed by atoms with Gasteiger partial charge in [-0.25, -0.2) is 0 Å². The molecule has 82 valence electrons. The highest BCUT2D eigenvalue weighted by Crippen LogP contribution is 2.29. The maximum absolute atomic E-state index is 10.6. The third-order valence-electron chi connectivity index (χ3n) is 2.10. The number of aliphatic carboxylic acids is 1. The van der Waals surface area contributed by atoms with Gasteiger partial charge in [0.1, 0.15) is 0 Å². The predicted molar refractivity (Wildman–Crippen MR) is 60.5 cm³/mol. The van der Waals surface area contributed by atoms with Crippen LogP contribution in [0.25, 0.3) is 0 Å². The van der Waals surface area contributed by atoms with Crippen molar-refractivity contribution in [3.05, 3.63) is 33.8 Å². The van der Waals surface area contributed by atoms with Gasteiger partial charge in [-0.2, -0.15) is 0 Å². The predicted octanol–water partition coefficient (Wildman–Crippen LogP) is 2.51. The minimum absolute atomic E-state index is 0.0451. The summed E-state index contributed by atoms with van der Waals surface area (Å²) in [6.45, 7) is 0.229. The molecule has 0 aliphatic carbocycles. The van der Waals surface area contributed by atoms with E-state index in [-0.39, 0.29) is 18.9 Å². The molecule has 1 aromatic carbocycles. The summed E-state index contributed by atoms with van der Waals surface area (Å²) in [6.07, 6.45) is -0.0451. The summed E-state index contributed by atoms with van der Waals surface area (Å²) in [5.74, 6) is -1.20. The fourth-order valence-electron chi connectivity index (χ4n) is 1.36. The molecule has 1 atom stereocenters. The number of carboxylic acids is 1. The van der Waals surface area contributed by atoms with Gasteiger partial charge in [-0.15, -0.1) is 0 Å². The summed E-state index contributed by atoms with van der Waals surface area (Å²) >= 11 is 11.8. The zero-order valence-electron chi connectivity index (χ0n) is 7.91. The Kier molecular flexibility index (Phi) is 4.39. The average molecular weight is 248 g/mol. The summed E-state index contributed by atoms with van der Waals surface area (Å²) in [6, 6.07) is 4.95. The number of rotatable bonds is 4. The Balaban J connectivity index is 3.00. The fraction of sp³-hybridized carbons (Fsp3) is 0.300. The lowest BCUT2D eigenvalue weighted by atomic mass is 9.96. The third-order valence-corrected chi connectivity index (χ3v) is 2.68. The van der Waals surface area contributed by atoms with Crippen molar-refractivity contribution in [2.75, 3.05) is 6.54 Å². The van der Waals surface area contributed by atoms with Crippen molar-refractivity contribution in [1.82, 2.24) is 0 Å². The number of benzene rings is 1. The summed E-state index contributed by atoms with van der Waals surface area (Å²) in [5.41, 5.74) is 6.20. The summed E-state index contributed by atoms with van der Waals surface area (Å²) in [5, 5.41) is 9.73. The highest BCUT2D eigenvalue weighted by molar-refractivity contribution is 6.33. The molecule has 0 spiro atoms. The molecule has 0 aromatic heterocycles. The van der Waals surface area contributed by atoms with Crippen LogP contribution in [0.3, 0.4) is 0 Å². The maximum atomic E-state index is 10.6. The number of hydrogen-bond acceptors (Lipinski definition) is 2. The molecule has 3 N–H and O–H groups in total. The summed E-state index contributed by atoms with van der Waals surface area (Å²) in [4.78, 5) is 10.6. The Hall–Kier alpha value is -0.770. The third kappa shape index (κ3) is 3.38. The van der Waals surface area contributed by atoms with E-state index < -0.39 is 5.97 Å². The molecule has 1 unspecified atom stereocenters. The molecule has 0 saturated heterocycles. The van der Waals surface area contributed by atoms with Gasteiger partial charge in [0.05, 0.1) is 6.42 Å². The van der Waals surface area contributed by atoms with Gasteiger partial charge in [-0.3, -0.25) is 4.79 Å². The van der Waals surface area contributed by atoms with Crippen molar-refractivity contribution in [3.8, 4) is 0 Å². The van der Waals surface area contributed by atoms with E-state index in [0.29, 0.717) is 15.6 Å². The lowest BCUT2D eigenvalue weighted by molar-refractivity contribution is -0.137. The van der Waals surface area contributed by atoms with Crippen LogP contribution in [0.2, 0.25) is 10.0 Å². The monoisotopic (exact) mass is 247 g/mol. The first-order valence-electron chi connectivity index (χ1n) is 4.41. The first-order chi connectivity index (χ1) is 7.04. The van der Waals surface area contributed by atoms with Crippen molar-refractivity contribution >= 4 is 29.2 Å². The lowest BCUT2D eigenvalue weighted by Gasteiger charge is -2.14. The van der Waals surface area contributed by atoms with Crippen molar-refractivity contribution in [1.29, 1.82) is 0 Å². The van der Waals surface area contributed by atoms with Gasteiger partial charge < -0.3 is 10.8 Å². The highest BCUT2D eigenvalue weighted by Gasteiger charge is 2.17. The standard InChI is InChI=1S/C10H11Cl2NO2/c11-7-1-2-9(12)8(4-7)6(5-13)3-10(14)15/h1-2,4,6H,3,5,13H2,(H,14,15). The number of carboxylic acid groups (broad SMARTS) is 1. The van der Waals surface area contributed by atoms with E-state index in [4.69, 9.17) is 34.0 Å². The van der Waals surface area contributed by atoms with E-state index in [1.54, 1.807) is 18.2 Å². The van der Waals surface area contributed by atoms with Crippen LogP contribution in [0.15, 0.2) is 18.2 Å². The van der Waals surface area contributed by atoms with Crippen LogP contribution in [0.4, 0.5) is 0 Å². The zero-order chi connectivity index (χ0) is 11.4. The molecule has 0 amide bonds. The second-order valence-corrected chi connectivity index (χ2v) is 4.04. The van der Waals surface area contributed by atoms with Gasteiger partial charge in [0.2, 0.25) is 0 Å². The molecule has 1 aromatic rings. The van der Waals surface area contributed by atoms with E-state index in [1.807, 2.05) is 0 Å². The SMILES string of the molecule is NCC(CC(=O)O)c1cc(Cl)ccc1Cl. The fourth-order valence-corrected chi connectivity index (χ4v) is 1.81.